The third kappa shape index (κ3) is 3.61. The van der Waals surface area contributed by atoms with Gasteiger partial charge in [0.05, 0.1) is 14.2 Å². The van der Waals surface area contributed by atoms with Crippen LogP contribution in [0.2, 0.25) is 0 Å². The molecule has 3 rings (SSSR count). The fourth-order valence-corrected chi connectivity index (χ4v) is 3.40. The van der Waals surface area contributed by atoms with Crippen LogP contribution < -0.4 is 9.47 Å². The van der Waals surface area contributed by atoms with Gasteiger partial charge in [0.15, 0.2) is 0 Å². The minimum Gasteiger partial charge on any atom is -0.496 e. The van der Waals surface area contributed by atoms with Gasteiger partial charge >= 0.3 is 0 Å². The summed E-state index contributed by atoms with van der Waals surface area (Å²) >= 11 is 0. The van der Waals surface area contributed by atoms with E-state index in [9.17, 15) is 0 Å². The fourth-order valence-electron chi connectivity index (χ4n) is 3.40. The Balaban J connectivity index is 1.78. The monoisotopic (exact) mass is 341 g/mol. The molecule has 0 amide bonds. The number of rotatable bonds is 5. The van der Waals surface area contributed by atoms with E-state index in [0.29, 0.717) is 5.92 Å². The molecule has 1 aliphatic heterocycles. The van der Waals surface area contributed by atoms with Crippen LogP contribution in [-0.2, 0) is 19.5 Å². The van der Waals surface area contributed by atoms with E-state index in [4.69, 9.17) is 14.5 Å². The average Bonchev–Trinajstić information content (AvgIpc) is 2.61. The summed E-state index contributed by atoms with van der Waals surface area (Å²) in [7, 11) is 3.41. The summed E-state index contributed by atoms with van der Waals surface area (Å²) in [6, 6.07) is 4.11. The van der Waals surface area contributed by atoms with Crippen molar-refractivity contribution in [2.45, 2.75) is 46.2 Å². The highest BCUT2D eigenvalue weighted by Crippen LogP contribution is 2.32. The van der Waals surface area contributed by atoms with Crippen molar-refractivity contribution in [2.24, 2.45) is 0 Å². The Morgan fingerprint density at radius 1 is 1.20 bits per heavy atom. The number of benzene rings is 1. The molecule has 0 saturated heterocycles. The SMILES string of the molecule is COc1ccc(CN2CCc3nc(C(C)C)ncc3C2)c(OC)c1C. The summed E-state index contributed by atoms with van der Waals surface area (Å²) in [6.45, 7) is 9.02. The zero-order valence-electron chi connectivity index (χ0n) is 15.8. The van der Waals surface area contributed by atoms with Crippen molar-refractivity contribution in [3.05, 3.63) is 46.5 Å². The molecular formula is C20H27N3O2. The maximum atomic E-state index is 5.64. The lowest BCUT2D eigenvalue weighted by atomic mass is 10.0. The van der Waals surface area contributed by atoms with Gasteiger partial charge in [0, 0.05) is 60.6 Å². The van der Waals surface area contributed by atoms with Crippen LogP contribution in [0.4, 0.5) is 0 Å². The predicted octanol–water partition coefficient (Wildman–Crippen LogP) is 3.48. The smallest absolute Gasteiger partial charge is 0.131 e. The first-order valence-electron chi connectivity index (χ1n) is 8.81. The standard InChI is InChI=1S/C20H27N3O2/c1-13(2)20-21-10-16-12-23(9-8-17(16)22-20)11-15-6-7-18(24-4)14(3)19(15)25-5/h6-7,10,13H,8-9,11-12H2,1-5H3. The molecular weight excluding hydrogens is 314 g/mol. The van der Waals surface area contributed by atoms with E-state index in [1.54, 1.807) is 14.2 Å². The second-order valence-corrected chi connectivity index (χ2v) is 6.90. The molecule has 0 spiro atoms. The summed E-state index contributed by atoms with van der Waals surface area (Å²) < 4.78 is 11.0. The Hall–Kier alpha value is -2.14. The Morgan fingerprint density at radius 2 is 2.00 bits per heavy atom. The Bertz CT molecular complexity index is 759. The predicted molar refractivity (Wildman–Crippen MR) is 98.2 cm³/mol. The van der Waals surface area contributed by atoms with Crippen LogP contribution >= 0.6 is 0 Å². The van der Waals surface area contributed by atoms with Crippen LogP contribution in [0.15, 0.2) is 18.3 Å². The molecule has 134 valence electrons. The van der Waals surface area contributed by atoms with Crippen LogP contribution in [0.1, 0.15) is 48.0 Å². The molecule has 0 unspecified atom stereocenters. The molecule has 0 saturated carbocycles. The van der Waals surface area contributed by atoms with Crippen LogP contribution in [0.25, 0.3) is 0 Å². The largest absolute Gasteiger partial charge is 0.496 e. The minimum atomic E-state index is 0.370. The molecule has 1 aromatic carbocycles. The zero-order chi connectivity index (χ0) is 18.0. The maximum Gasteiger partial charge on any atom is 0.131 e. The molecule has 1 aliphatic rings. The quantitative estimate of drug-likeness (QED) is 0.833. The number of hydrogen-bond donors (Lipinski definition) is 0. The molecule has 5 nitrogen and oxygen atoms in total. The van der Waals surface area contributed by atoms with Gasteiger partial charge in [0.1, 0.15) is 17.3 Å². The highest BCUT2D eigenvalue weighted by atomic mass is 16.5. The molecule has 0 aliphatic carbocycles. The molecule has 0 atom stereocenters. The maximum absolute atomic E-state index is 5.64. The van der Waals surface area contributed by atoms with Gasteiger partial charge in [-0.05, 0) is 13.0 Å². The van der Waals surface area contributed by atoms with Crippen LogP contribution in [-0.4, -0.2) is 35.6 Å². The lowest BCUT2D eigenvalue weighted by molar-refractivity contribution is 0.238. The van der Waals surface area contributed by atoms with Crippen molar-refractivity contribution in [3.8, 4) is 11.5 Å². The van der Waals surface area contributed by atoms with Crippen LogP contribution in [0, 0.1) is 6.92 Å². The van der Waals surface area contributed by atoms with Gasteiger partial charge in [-0.2, -0.15) is 0 Å². The molecule has 0 bridgehead atoms. The van der Waals surface area contributed by atoms with E-state index < -0.39 is 0 Å². The molecule has 25 heavy (non-hydrogen) atoms. The molecule has 0 radical (unpaired) electrons. The average molecular weight is 341 g/mol. The summed E-state index contributed by atoms with van der Waals surface area (Å²) in [5.74, 6) is 3.09. The summed E-state index contributed by atoms with van der Waals surface area (Å²) in [5, 5.41) is 0. The number of hydrogen-bond acceptors (Lipinski definition) is 5. The van der Waals surface area contributed by atoms with E-state index >= 15 is 0 Å². The molecule has 0 N–H and O–H groups in total. The third-order valence-corrected chi connectivity index (χ3v) is 4.80. The van der Waals surface area contributed by atoms with Crippen molar-refractivity contribution in [2.75, 3.05) is 20.8 Å². The number of fused-ring (bicyclic) bond motifs is 1. The number of methoxy groups -OCH3 is 2. The minimum absolute atomic E-state index is 0.370. The third-order valence-electron chi connectivity index (χ3n) is 4.80. The second kappa shape index (κ2) is 7.40. The van der Waals surface area contributed by atoms with Crippen molar-refractivity contribution >= 4 is 0 Å². The molecule has 0 fully saturated rings. The summed E-state index contributed by atoms with van der Waals surface area (Å²) in [6.07, 6.45) is 2.97. The van der Waals surface area contributed by atoms with Crippen molar-refractivity contribution in [3.63, 3.8) is 0 Å². The van der Waals surface area contributed by atoms with E-state index in [1.807, 2.05) is 19.2 Å². The van der Waals surface area contributed by atoms with Gasteiger partial charge < -0.3 is 9.47 Å². The molecule has 1 aromatic heterocycles. The van der Waals surface area contributed by atoms with Crippen LogP contribution in [0.5, 0.6) is 11.5 Å². The van der Waals surface area contributed by atoms with E-state index in [0.717, 1.165) is 48.9 Å². The Labute approximate surface area is 150 Å². The fraction of sp³-hybridized carbons (Fsp3) is 0.500. The van der Waals surface area contributed by atoms with Crippen molar-refractivity contribution in [1.82, 2.24) is 14.9 Å². The van der Waals surface area contributed by atoms with E-state index in [1.165, 1.54) is 16.8 Å². The highest BCUT2D eigenvalue weighted by Gasteiger charge is 2.21. The first-order valence-corrected chi connectivity index (χ1v) is 8.81. The lowest BCUT2D eigenvalue weighted by Crippen LogP contribution is -2.31. The zero-order valence-corrected chi connectivity index (χ0v) is 15.8. The normalized spacial score (nSPS) is 14.5. The van der Waals surface area contributed by atoms with Crippen molar-refractivity contribution in [1.29, 1.82) is 0 Å². The Morgan fingerprint density at radius 3 is 2.68 bits per heavy atom. The van der Waals surface area contributed by atoms with Crippen LogP contribution in [0.3, 0.4) is 0 Å². The van der Waals surface area contributed by atoms with Gasteiger partial charge in [0.25, 0.3) is 0 Å². The Kier molecular flexibility index (Phi) is 5.23. The first kappa shape index (κ1) is 17.7. The topological polar surface area (TPSA) is 47.5 Å². The molecule has 2 heterocycles. The van der Waals surface area contributed by atoms with Gasteiger partial charge in [-0.3, -0.25) is 4.90 Å². The number of nitrogens with zero attached hydrogens (tertiary/aromatic N) is 3. The van der Waals surface area contributed by atoms with E-state index in [-0.39, 0.29) is 0 Å². The van der Waals surface area contributed by atoms with Crippen molar-refractivity contribution < 1.29 is 9.47 Å². The number of aromatic nitrogens is 2. The van der Waals surface area contributed by atoms with Gasteiger partial charge in [-0.25, -0.2) is 9.97 Å². The summed E-state index contributed by atoms with van der Waals surface area (Å²) in [5.41, 5.74) is 4.67. The number of ether oxygens (including phenoxy) is 2. The molecule has 2 aromatic rings. The van der Waals surface area contributed by atoms with E-state index in [2.05, 4.69) is 29.8 Å². The van der Waals surface area contributed by atoms with Gasteiger partial charge in [0.2, 0.25) is 0 Å². The highest BCUT2D eigenvalue weighted by molar-refractivity contribution is 5.49. The van der Waals surface area contributed by atoms with Gasteiger partial charge in [-0.1, -0.05) is 19.9 Å². The lowest BCUT2D eigenvalue weighted by Gasteiger charge is -2.29. The second-order valence-electron chi connectivity index (χ2n) is 6.90. The molecule has 5 heteroatoms. The summed E-state index contributed by atoms with van der Waals surface area (Å²) in [4.78, 5) is 11.7. The first-order chi connectivity index (χ1) is 12.0. The van der Waals surface area contributed by atoms with Gasteiger partial charge in [-0.15, -0.1) is 0 Å².